The van der Waals surface area contributed by atoms with Crippen molar-refractivity contribution in [2.75, 3.05) is 37.6 Å². The van der Waals surface area contributed by atoms with Crippen molar-refractivity contribution >= 4 is 16.7 Å². The highest BCUT2D eigenvalue weighted by atomic mass is 16.3. The first-order chi connectivity index (χ1) is 10.0. The molecule has 0 spiro atoms. The van der Waals surface area contributed by atoms with Gasteiger partial charge in [0.25, 0.3) is 0 Å². The summed E-state index contributed by atoms with van der Waals surface area (Å²) in [6.07, 6.45) is 0. The standard InChI is InChI=1S/C17H23N3O/c1-17(2,21)13-19-9-11-20(12-10-19)16-8-7-14-5-3-4-6-15(14)18-16/h3-8,21H,9-13H2,1-2H3. The monoisotopic (exact) mass is 285 g/mol. The number of hydrogen-bond donors (Lipinski definition) is 1. The van der Waals surface area contributed by atoms with Gasteiger partial charge >= 0.3 is 0 Å². The number of nitrogens with zero attached hydrogens (tertiary/aromatic N) is 3. The van der Waals surface area contributed by atoms with E-state index in [0.717, 1.165) is 44.1 Å². The molecule has 1 fully saturated rings. The van der Waals surface area contributed by atoms with E-state index in [1.165, 1.54) is 5.39 Å². The number of anilines is 1. The number of aromatic nitrogens is 1. The van der Waals surface area contributed by atoms with Crippen LogP contribution in [0.15, 0.2) is 36.4 Å². The number of para-hydroxylation sites is 1. The van der Waals surface area contributed by atoms with E-state index in [1.54, 1.807) is 0 Å². The van der Waals surface area contributed by atoms with Crippen LogP contribution < -0.4 is 4.90 Å². The first kappa shape index (κ1) is 14.3. The summed E-state index contributed by atoms with van der Waals surface area (Å²) in [6, 6.07) is 12.5. The van der Waals surface area contributed by atoms with E-state index in [9.17, 15) is 5.11 Å². The summed E-state index contributed by atoms with van der Waals surface area (Å²) in [4.78, 5) is 9.40. The summed E-state index contributed by atoms with van der Waals surface area (Å²) in [7, 11) is 0. The average Bonchev–Trinajstić information content (AvgIpc) is 2.46. The number of rotatable bonds is 3. The molecule has 1 aliphatic rings. The highest BCUT2D eigenvalue weighted by molar-refractivity contribution is 5.80. The van der Waals surface area contributed by atoms with E-state index in [2.05, 4.69) is 34.1 Å². The van der Waals surface area contributed by atoms with Crippen LogP contribution in [0.25, 0.3) is 10.9 Å². The van der Waals surface area contributed by atoms with E-state index in [4.69, 9.17) is 4.98 Å². The first-order valence-electron chi connectivity index (χ1n) is 7.57. The van der Waals surface area contributed by atoms with Gasteiger partial charge in [0.1, 0.15) is 5.82 Å². The molecule has 0 aliphatic carbocycles. The quantitative estimate of drug-likeness (QED) is 0.938. The Labute approximate surface area is 126 Å². The van der Waals surface area contributed by atoms with E-state index in [-0.39, 0.29) is 0 Å². The topological polar surface area (TPSA) is 39.6 Å². The third kappa shape index (κ3) is 3.52. The predicted molar refractivity (Wildman–Crippen MR) is 86.7 cm³/mol. The highest BCUT2D eigenvalue weighted by Gasteiger charge is 2.23. The Kier molecular flexibility index (Phi) is 3.83. The second-order valence-corrected chi connectivity index (χ2v) is 6.44. The highest BCUT2D eigenvalue weighted by Crippen LogP contribution is 2.19. The van der Waals surface area contributed by atoms with Crippen LogP contribution >= 0.6 is 0 Å². The molecule has 2 heterocycles. The lowest BCUT2D eigenvalue weighted by molar-refractivity contribution is 0.0345. The molecule has 1 saturated heterocycles. The van der Waals surface area contributed by atoms with Gasteiger partial charge in [0, 0.05) is 38.1 Å². The largest absolute Gasteiger partial charge is 0.389 e. The molecule has 0 unspecified atom stereocenters. The smallest absolute Gasteiger partial charge is 0.129 e. The third-order valence-electron chi connectivity index (χ3n) is 3.89. The fraction of sp³-hybridized carbons (Fsp3) is 0.471. The Morgan fingerprint density at radius 3 is 2.48 bits per heavy atom. The molecular formula is C17H23N3O. The molecule has 1 aromatic carbocycles. The van der Waals surface area contributed by atoms with Gasteiger partial charge in [-0.25, -0.2) is 4.98 Å². The number of benzene rings is 1. The molecule has 1 N–H and O–H groups in total. The molecular weight excluding hydrogens is 262 g/mol. The molecule has 112 valence electrons. The Hall–Kier alpha value is -1.65. The van der Waals surface area contributed by atoms with Crippen LogP contribution in [-0.2, 0) is 0 Å². The minimum atomic E-state index is -0.622. The molecule has 0 bridgehead atoms. The first-order valence-corrected chi connectivity index (χ1v) is 7.57. The molecule has 0 amide bonds. The van der Waals surface area contributed by atoms with Crippen LogP contribution in [0.3, 0.4) is 0 Å². The lowest BCUT2D eigenvalue weighted by Gasteiger charge is -2.37. The maximum absolute atomic E-state index is 9.90. The van der Waals surface area contributed by atoms with Gasteiger partial charge in [-0.05, 0) is 32.0 Å². The van der Waals surface area contributed by atoms with Crippen molar-refractivity contribution in [2.45, 2.75) is 19.4 Å². The summed E-state index contributed by atoms with van der Waals surface area (Å²) in [5.41, 5.74) is 0.428. The summed E-state index contributed by atoms with van der Waals surface area (Å²) in [5, 5.41) is 11.1. The second kappa shape index (κ2) is 5.62. The lowest BCUT2D eigenvalue weighted by atomic mass is 10.1. The average molecular weight is 285 g/mol. The Bertz CT molecular complexity index is 613. The van der Waals surface area contributed by atoms with Crippen molar-refractivity contribution in [1.82, 2.24) is 9.88 Å². The summed E-state index contributed by atoms with van der Waals surface area (Å²) >= 11 is 0. The van der Waals surface area contributed by atoms with E-state index < -0.39 is 5.60 Å². The predicted octanol–water partition coefficient (Wildman–Crippen LogP) is 2.13. The van der Waals surface area contributed by atoms with E-state index >= 15 is 0 Å². The summed E-state index contributed by atoms with van der Waals surface area (Å²) in [5.74, 6) is 1.05. The van der Waals surface area contributed by atoms with Gasteiger partial charge in [-0.1, -0.05) is 18.2 Å². The zero-order valence-corrected chi connectivity index (χ0v) is 12.8. The van der Waals surface area contributed by atoms with Gasteiger partial charge < -0.3 is 10.0 Å². The minimum Gasteiger partial charge on any atom is -0.389 e. The van der Waals surface area contributed by atoms with Gasteiger partial charge in [-0.3, -0.25) is 4.90 Å². The number of fused-ring (bicyclic) bond motifs is 1. The second-order valence-electron chi connectivity index (χ2n) is 6.44. The van der Waals surface area contributed by atoms with Gasteiger partial charge in [-0.15, -0.1) is 0 Å². The number of β-amino-alcohol motifs (C(OH)–C–C–N with tert-alkyl or cyclic N) is 1. The molecule has 1 aromatic heterocycles. The molecule has 3 rings (SSSR count). The number of pyridine rings is 1. The van der Waals surface area contributed by atoms with Gasteiger partial charge in [0.05, 0.1) is 11.1 Å². The van der Waals surface area contributed by atoms with Crippen molar-refractivity contribution in [3.63, 3.8) is 0 Å². The van der Waals surface area contributed by atoms with E-state index in [1.807, 2.05) is 26.0 Å². The maximum atomic E-state index is 9.90. The van der Waals surface area contributed by atoms with Gasteiger partial charge in [-0.2, -0.15) is 0 Å². The van der Waals surface area contributed by atoms with Crippen LogP contribution in [0.4, 0.5) is 5.82 Å². The van der Waals surface area contributed by atoms with Crippen LogP contribution in [-0.4, -0.2) is 53.3 Å². The normalized spacial score (nSPS) is 17.4. The van der Waals surface area contributed by atoms with Crippen LogP contribution in [0.5, 0.6) is 0 Å². The van der Waals surface area contributed by atoms with Crippen molar-refractivity contribution in [1.29, 1.82) is 0 Å². The van der Waals surface area contributed by atoms with Crippen LogP contribution in [0, 0.1) is 0 Å². The third-order valence-corrected chi connectivity index (χ3v) is 3.89. The molecule has 21 heavy (non-hydrogen) atoms. The van der Waals surface area contributed by atoms with Crippen LogP contribution in [0.1, 0.15) is 13.8 Å². The summed E-state index contributed by atoms with van der Waals surface area (Å²) < 4.78 is 0. The molecule has 0 radical (unpaired) electrons. The summed E-state index contributed by atoms with van der Waals surface area (Å²) in [6.45, 7) is 8.32. The fourth-order valence-corrected chi connectivity index (χ4v) is 2.91. The molecule has 0 atom stereocenters. The molecule has 4 nitrogen and oxygen atoms in total. The van der Waals surface area contributed by atoms with Crippen molar-refractivity contribution in [3.05, 3.63) is 36.4 Å². The number of piperazine rings is 1. The SMILES string of the molecule is CC(C)(O)CN1CCN(c2ccc3ccccc3n2)CC1. The Balaban J connectivity index is 1.68. The zero-order chi connectivity index (χ0) is 14.9. The number of aliphatic hydroxyl groups is 1. The molecule has 0 saturated carbocycles. The van der Waals surface area contributed by atoms with Gasteiger partial charge in [0.15, 0.2) is 0 Å². The van der Waals surface area contributed by atoms with E-state index in [0.29, 0.717) is 0 Å². The van der Waals surface area contributed by atoms with Crippen LogP contribution in [0.2, 0.25) is 0 Å². The van der Waals surface area contributed by atoms with Crippen molar-refractivity contribution in [2.24, 2.45) is 0 Å². The Morgan fingerprint density at radius 1 is 1.05 bits per heavy atom. The zero-order valence-electron chi connectivity index (χ0n) is 12.8. The maximum Gasteiger partial charge on any atom is 0.129 e. The lowest BCUT2D eigenvalue weighted by Crippen LogP contribution is -2.50. The van der Waals surface area contributed by atoms with Crippen molar-refractivity contribution < 1.29 is 5.11 Å². The fourth-order valence-electron chi connectivity index (χ4n) is 2.91. The van der Waals surface area contributed by atoms with Crippen molar-refractivity contribution in [3.8, 4) is 0 Å². The Morgan fingerprint density at radius 2 is 1.76 bits per heavy atom. The van der Waals surface area contributed by atoms with Gasteiger partial charge in [0.2, 0.25) is 0 Å². The molecule has 1 aliphatic heterocycles. The minimum absolute atomic E-state index is 0.622. The molecule has 2 aromatic rings. The number of hydrogen-bond acceptors (Lipinski definition) is 4. The molecule has 4 heteroatoms.